The minimum Gasteiger partial charge on any atom is -0.495 e. The second-order valence-corrected chi connectivity index (χ2v) is 10.1. The van der Waals surface area contributed by atoms with Gasteiger partial charge in [0.2, 0.25) is 5.91 Å². The van der Waals surface area contributed by atoms with Crippen LogP contribution < -0.4 is 33.3 Å². The van der Waals surface area contributed by atoms with Gasteiger partial charge in [0.05, 0.1) is 31.9 Å². The molecule has 0 radical (unpaired) electrons. The molecule has 37 heavy (non-hydrogen) atoms. The van der Waals surface area contributed by atoms with Crippen molar-refractivity contribution in [2.45, 2.75) is 4.90 Å². The van der Waals surface area contributed by atoms with Crippen molar-refractivity contribution in [3.8, 4) is 28.7 Å². The molecular weight excluding hydrogens is 524 g/mol. The molecule has 3 aromatic rings. The van der Waals surface area contributed by atoms with Gasteiger partial charge in [0, 0.05) is 22.8 Å². The lowest BCUT2D eigenvalue weighted by Gasteiger charge is -2.26. The molecule has 0 saturated heterocycles. The van der Waals surface area contributed by atoms with Gasteiger partial charge in [-0.15, -0.1) is 0 Å². The Morgan fingerprint density at radius 2 is 1.57 bits per heavy atom. The van der Waals surface area contributed by atoms with E-state index in [4.69, 9.17) is 35.3 Å². The summed E-state index contributed by atoms with van der Waals surface area (Å²) in [5, 5.41) is 2.97. The molecule has 0 aliphatic carbocycles. The fourth-order valence-corrected chi connectivity index (χ4v) is 5.32. The highest BCUT2D eigenvalue weighted by molar-refractivity contribution is 7.92. The molecule has 3 aromatic carbocycles. The minimum atomic E-state index is -4.31. The maximum atomic E-state index is 13.9. The van der Waals surface area contributed by atoms with E-state index >= 15 is 0 Å². The standard InChI is InChI=1S/C25H25ClN2O8S/c1-32-20-7-4-16(26)12-19(20)28(37(30,31)18-6-9-21(33-2)23(14-18)34-3)15-25(29)27-17-5-8-22-24(13-17)36-11-10-35-22/h4-9,12-14H,10-11,15H2,1-3H3,(H,27,29). The number of benzene rings is 3. The van der Waals surface area contributed by atoms with Gasteiger partial charge in [-0.25, -0.2) is 8.42 Å². The summed E-state index contributed by atoms with van der Waals surface area (Å²) in [5.41, 5.74) is 0.498. The van der Waals surface area contributed by atoms with Crippen molar-refractivity contribution in [2.75, 3.05) is 50.7 Å². The fraction of sp³-hybridized carbons (Fsp3) is 0.240. The second-order valence-electron chi connectivity index (χ2n) is 7.75. The zero-order chi connectivity index (χ0) is 26.6. The summed E-state index contributed by atoms with van der Waals surface area (Å²) in [5.74, 6) is 1.20. The molecule has 0 fully saturated rings. The number of ether oxygens (including phenoxy) is 5. The van der Waals surface area contributed by atoms with Gasteiger partial charge in [0.1, 0.15) is 25.5 Å². The lowest BCUT2D eigenvalue weighted by molar-refractivity contribution is -0.114. The SMILES string of the molecule is COc1ccc(S(=O)(=O)N(CC(=O)Nc2ccc3c(c2)OCCO3)c2cc(Cl)ccc2OC)cc1OC. The average Bonchev–Trinajstić information content (AvgIpc) is 2.91. The van der Waals surface area contributed by atoms with Crippen molar-refractivity contribution < 1.29 is 36.9 Å². The number of methoxy groups -OCH3 is 3. The molecule has 4 rings (SSSR count). The average molecular weight is 549 g/mol. The molecule has 0 bridgehead atoms. The van der Waals surface area contributed by atoms with Crippen LogP contribution in [-0.4, -0.2) is 55.4 Å². The summed E-state index contributed by atoms with van der Waals surface area (Å²) < 4.78 is 55.6. The van der Waals surface area contributed by atoms with Gasteiger partial charge < -0.3 is 29.0 Å². The number of hydrogen-bond donors (Lipinski definition) is 1. The van der Waals surface area contributed by atoms with Gasteiger partial charge >= 0.3 is 0 Å². The highest BCUT2D eigenvalue weighted by Crippen LogP contribution is 2.37. The van der Waals surface area contributed by atoms with Crippen LogP contribution in [0.4, 0.5) is 11.4 Å². The zero-order valence-corrected chi connectivity index (χ0v) is 21.9. The maximum Gasteiger partial charge on any atom is 0.265 e. The molecule has 0 aromatic heterocycles. The van der Waals surface area contributed by atoms with Gasteiger partial charge in [-0.05, 0) is 42.5 Å². The first-order valence-corrected chi connectivity index (χ1v) is 12.9. The summed E-state index contributed by atoms with van der Waals surface area (Å²) in [6.45, 7) is 0.237. The molecule has 1 heterocycles. The number of rotatable bonds is 9. The van der Waals surface area contributed by atoms with Crippen LogP contribution >= 0.6 is 11.6 Å². The summed E-state index contributed by atoms with van der Waals surface area (Å²) in [7, 11) is -0.0796. The van der Waals surface area contributed by atoms with Gasteiger partial charge in [-0.1, -0.05) is 11.6 Å². The van der Waals surface area contributed by atoms with Gasteiger partial charge in [0.25, 0.3) is 10.0 Å². The van der Waals surface area contributed by atoms with E-state index in [0.29, 0.717) is 36.1 Å². The van der Waals surface area contributed by atoms with E-state index < -0.39 is 22.5 Å². The Balaban J connectivity index is 1.71. The van der Waals surface area contributed by atoms with Crippen molar-refractivity contribution in [2.24, 2.45) is 0 Å². The number of nitrogens with zero attached hydrogens (tertiary/aromatic N) is 1. The summed E-state index contributed by atoms with van der Waals surface area (Å²) in [6.07, 6.45) is 0. The number of hydrogen-bond acceptors (Lipinski definition) is 8. The van der Waals surface area contributed by atoms with E-state index in [1.807, 2.05) is 0 Å². The molecule has 1 N–H and O–H groups in total. The van der Waals surface area contributed by atoms with E-state index in [1.54, 1.807) is 24.3 Å². The first-order chi connectivity index (χ1) is 17.8. The fourth-order valence-electron chi connectivity index (χ4n) is 3.71. The molecule has 0 unspecified atom stereocenters. The molecule has 10 nitrogen and oxygen atoms in total. The summed E-state index contributed by atoms with van der Waals surface area (Å²) in [4.78, 5) is 13.0. The number of amides is 1. The molecule has 196 valence electrons. The van der Waals surface area contributed by atoms with Crippen LogP contribution in [0.25, 0.3) is 0 Å². The summed E-state index contributed by atoms with van der Waals surface area (Å²) in [6, 6.07) is 13.6. The molecule has 1 amide bonds. The first-order valence-electron chi connectivity index (χ1n) is 11.0. The van der Waals surface area contributed by atoms with Gasteiger partial charge in [-0.2, -0.15) is 0 Å². The zero-order valence-electron chi connectivity index (χ0n) is 20.3. The van der Waals surface area contributed by atoms with Crippen molar-refractivity contribution in [3.05, 3.63) is 59.6 Å². The topological polar surface area (TPSA) is 113 Å². The van der Waals surface area contributed by atoms with Crippen LogP contribution in [0.3, 0.4) is 0 Å². The van der Waals surface area contributed by atoms with Crippen LogP contribution in [-0.2, 0) is 14.8 Å². The largest absolute Gasteiger partial charge is 0.495 e. The molecule has 12 heteroatoms. The number of halogens is 1. The Morgan fingerprint density at radius 3 is 2.27 bits per heavy atom. The number of anilines is 2. The second kappa shape index (κ2) is 11.1. The van der Waals surface area contributed by atoms with Gasteiger partial charge in [0.15, 0.2) is 23.0 Å². The third-order valence-corrected chi connectivity index (χ3v) is 7.46. The molecule has 1 aliphatic heterocycles. The Hall–Kier alpha value is -3.83. The quantitative estimate of drug-likeness (QED) is 0.427. The Labute approximate surface area is 219 Å². The smallest absolute Gasteiger partial charge is 0.265 e. The third kappa shape index (κ3) is 5.62. The first kappa shape index (κ1) is 26.2. The third-order valence-electron chi connectivity index (χ3n) is 5.47. The molecule has 0 spiro atoms. The van der Waals surface area contributed by atoms with E-state index in [-0.39, 0.29) is 27.1 Å². The lowest BCUT2D eigenvalue weighted by Crippen LogP contribution is -2.38. The van der Waals surface area contributed by atoms with Gasteiger partial charge in [-0.3, -0.25) is 9.10 Å². The van der Waals surface area contributed by atoms with Crippen molar-refractivity contribution in [1.29, 1.82) is 0 Å². The van der Waals surface area contributed by atoms with E-state index in [0.717, 1.165) is 4.31 Å². The highest BCUT2D eigenvalue weighted by atomic mass is 35.5. The van der Waals surface area contributed by atoms with Crippen LogP contribution in [0.15, 0.2) is 59.5 Å². The molecule has 1 aliphatic rings. The molecule has 0 atom stereocenters. The van der Waals surface area contributed by atoms with E-state index in [1.165, 1.54) is 51.7 Å². The van der Waals surface area contributed by atoms with Crippen LogP contribution in [0.2, 0.25) is 5.02 Å². The van der Waals surface area contributed by atoms with Crippen LogP contribution in [0, 0.1) is 0 Å². The Kier molecular flexibility index (Phi) is 7.84. The number of carbonyl (C=O) groups excluding carboxylic acids is 1. The lowest BCUT2D eigenvalue weighted by atomic mass is 10.2. The Bertz CT molecular complexity index is 1410. The monoisotopic (exact) mass is 548 g/mol. The molecule has 0 saturated carbocycles. The van der Waals surface area contributed by atoms with Crippen molar-refractivity contribution in [1.82, 2.24) is 0 Å². The Morgan fingerprint density at radius 1 is 0.892 bits per heavy atom. The predicted octanol–water partition coefficient (Wildman–Crippen LogP) is 3.97. The molecular formula is C25H25ClN2O8S. The maximum absolute atomic E-state index is 13.9. The summed E-state index contributed by atoms with van der Waals surface area (Å²) >= 11 is 6.20. The van der Waals surface area contributed by atoms with Crippen molar-refractivity contribution >= 4 is 38.9 Å². The highest BCUT2D eigenvalue weighted by Gasteiger charge is 2.31. The predicted molar refractivity (Wildman–Crippen MR) is 138 cm³/mol. The van der Waals surface area contributed by atoms with Crippen molar-refractivity contribution in [3.63, 3.8) is 0 Å². The number of sulfonamides is 1. The van der Waals surface area contributed by atoms with Crippen LogP contribution in [0.5, 0.6) is 28.7 Å². The van der Waals surface area contributed by atoms with E-state index in [2.05, 4.69) is 5.32 Å². The normalized spacial score (nSPS) is 12.4. The number of nitrogens with one attached hydrogen (secondary N) is 1. The number of carbonyl (C=O) groups is 1. The van der Waals surface area contributed by atoms with Crippen LogP contribution in [0.1, 0.15) is 0 Å². The van der Waals surface area contributed by atoms with E-state index in [9.17, 15) is 13.2 Å². The number of fused-ring (bicyclic) bond motifs is 1. The minimum absolute atomic E-state index is 0.0853.